The lowest BCUT2D eigenvalue weighted by atomic mass is 9.99. The van der Waals surface area contributed by atoms with Gasteiger partial charge in [-0.05, 0) is 58.4 Å². The molecule has 0 bridgehead atoms. The molecule has 0 unspecified atom stereocenters. The van der Waals surface area contributed by atoms with Crippen LogP contribution in [0.2, 0.25) is 0 Å². The van der Waals surface area contributed by atoms with Gasteiger partial charge in [0.05, 0.1) is 12.1 Å². The van der Waals surface area contributed by atoms with E-state index in [-0.39, 0.29) is 18.1 Å². The quantitative estimate of drug-likeness (QED) is 0.355. The summed E-state index contributed by atoms with van der Waals surface area (Å²) in [5.74, 6) is 1.23. The van der Waals surface area contributed by atoms with Crippen LogP contribution in [-0.4, -0.2) is 31.5 Å². The summed E-state index contributed by atoms with van der Waals surface area (Å²) in [6.45, 7) is 13.8. The molecule has 0 saturated heterocycles. The predicted molar refractivity (Wildman–Crippen MR) is 140 cm³/mol. The molecule has 2 N–H and O–H groups in total. The van der Waals surface area contributed by atoms with Crippen LogP contribution >= 0.6 is 11.3 Å². The van der Waals surface area contributed by atoms with E-state index in [0.717, 1.165) is 33.2 Å². The molecule has 0 spiro atoms. The maximum Gasteiger partial charge on any atom is 0.226 e. The van der Waals surface area contributed by atoms with Crippen LogP contribution in [0.1, 0.15) is 58.2 Å². The Morgan fingerprint density at radius 2 is 1.89 bits per heavy atom. The van der Waals surface area contributed by atoms with Crippen molar-refractivity contribution in [1.29, 1.82) is 0 Å². The van der Waals surface area contributed by atoms with E-state index in [9.17, 15) is 9.90 Å². The van der Waals surface area contributed by atoms with E-state index >= 15 is 0 Å². The molecular formula is C27H29N5O2S. The molecule has 8 heteroatoms. The van der Waals surface area contributed by atoms with Crippen molar-refractivity contribution in [2.45, 2.75) is 47.1 Å². The molecule has 180 valence electrons. The van der Waals surface area contributed by atoms with E-state index in [4.69, 9.17) is 4.99 Å². The van der Waals surface area contributed by atoms with Gasteiger partial charge in [-0.1, -0.05) is 36.4 Å². The van der Waals surface area contributed by atoms with E-state index in [1.54, 1.807) is 30.4 Å². The SMILES string of the molecule is C=C(/C=C\C(O)=C/C)NC(=O)C[C@@H]1N=C(c2ccc(C)cc2)c2c(sc(C)c2C)-n2c(C)nnc21. The number of allylic oxidation sites excluding steroid dienone is 3. The fourth-order valence-electron chi connectivity index (χ4n) is 3.97. The lowest BCUT2D eigenvalue weighted by molar-refractivity contribution is -0.120. The van der Waals surface area contributed by atoms with Crippen LogP contribution in [0.3, 0.4) is 0 Å². The largest absolute Gasteiger partial charge is 0.508 e. The van der Waals surface area contributed by atoms with E-state index in [1.807, 2.05) is 11.5 Å². The zero-order valence-corrected chi connectivity index (χ0v) is 21.4. The van der Waals surface area contributed by atoms with Gasteiger partial charge in [0.15, 0.2) is 5.82 Å². The first-order valence-electron chi connectivity index (χ1n) is 11.4. The molecule has 1 aromatic carbocycles. The number of nitrogens with one attached hydrogen (secondary N) is 1. The van der Waals surface area contributed by atoms with Gasteiger partial charge in [-0.25, -0.2) is 0 Å². The first-order chi connectivity index (χ1) is 16.7. The van der Waals surface area contributed by atoms with Crippen molar-refractivity contribution in [3.05, 3.63) is 99.3 Å². The monoisotopic (exact) mass is 487 g/mol. The van der Waals surface area contributed by atoms with Crippen LogP contribution in [0.4, 0.5) is 0 Å². The Morgan fingerprint density at radius 3 is 2.57 bits per heavy atom. The lowest BCUT2D eigenvalue weighted by Gasteiger charge is -2.13. The van der Waals surface area contributed by atoms with Gasteiger partial charge >= 0.3 is 0 Å². The van der Waals surface area contributed by atoms with Crippen molar-refractivity contribution in [2.75, 3.05) is 0 Å². The van der Waals surface area contributed by atoms with Gasteiger partial charge < -0.3 is 10.4 Å². The second-order valence-corrected chi connectivity index (χ2v) is 9.79. The van der Waals surface area contributed by atoms with E-state index < -0.39 is 6.04 Å². The van der Waals surface area contributed by atoms with Crippen LogP contribution < -0.4 is 5.32 Å². The van der Waals surface area contributed by atoms with Gasteiger partial charge in [-0.2, -0.15) is 0 Å². The Labute approximate surface area is 209 Å². The average molecular weight is 488 g/mol. The number of aryl methyl sites for hydroxylation is 3. The van der Waals surface area contributed by atoms with Gasteiger partial charge in [0, 0.05) is 21.7 Å². The lowest BCUT2D eigenvalue weighted by Crippen LogP contribution is -2.24. The third kappa shape index (κ3) is 4.88. The standard InChI is InChI=1S/C27H29N5O2S/c1-7-21(33)13-10-16(3)28-23(34)14-22-26-31-30-19(6)32(26)27-24(17(4)18(5)35-27)25(29-22)20-11-8-15(2)9-12-20/h7-13,22,33H,3,14H2,1-2,4-6H3,(H,28,34)/b13-10-,21-7+/t22-/m0/s1. The maximum absolute atomic E-state index is 13.0. The van der Waals surface area contributed by atoms with Crippen LogP contribution in [0, 0.1) is 27.7 Å². The zero-order valence-electron chi connectivity index (χ0n) is 20.6. The zero-order chi connectivity index (χ0) is 25.3. The number of carbonyl (C=O) groups is 1. The van der Waals surface area contributed by atoms with Gasteiger partial charge in [-0.15, -0.1) is 21.5 Å². The molecule has 7 nitrogen and oxygen atoms in total. The number of amides is 1. The summed E-state index contributed by atoms with van der Waals surface area (Å²) in [6, 6.07) is 7.75. The number of carbonyl (C=O) groups excluding carboxylic acids is 1. The number of fused-ring (bicyclic) bond motifs is 3. The summed E-state index contributed by atoms with van der Waals surface area (Å²) >= 11 is 1.69. The summed E-state index contributed by atoms with van der Waals surface area (Å²) in [7, 11) is 0. The molecule has 0 radical (unpaired) electrons. The van der Waals surface area contributed by atoms with Crippen LogP contribution in [0.5, 0.6) is 0 Å². The minimum atomic E-state index is -0.535. The molecule has 0 saturated carbocycles. The van der Waals surface area contributed by atoms with Crippen molar-refractivity contribution in [1.82, 2.24) is 20.1 Å². The van der Waals surface area contributed by atoms with Gasteiger partial charge in [-0.3, -0.25) is 14.4 Å². The fourth-order valence-corrected chi connectivity index (χ4v) is 5.18. The summed E-state index contributed by atoms with van der Waals surface area (Å²) in [6.07, 6.45) is 4.65. The average Bonchev–Trinajstić information content (AvgIpc) is 3.30. The third-order valence-electron chi connectivity index (χ3n) is 5.99. The summed E-state index contributed by atoms with van der Waals surface area (Å²) in [5.41, 5.74) is 5.60. The molecule has 0 fully saturated rings. The Bertz CT molecular complexity index is 1390. The fraction of sp³-hybridized carbons (Fsp3) is 0.259. The Morgan fingerprint density at radius 1 is 1.17 bits per heavy atom. The normalized spacial score (nSPS) is 15.4. The van der Waals surface area contributed by atoms with Gasteiger partial charge in [0.25, 0.3) is 0 Å². The number of hydrogen-bond donors (Lipinski definition) is 2. The van der Waals surface area contributed by atoms with Crippen molar-refractivity contribution in [3.63, 3.8) is 0 Å². The van der Waals surface area contributed by atoms with Gasteiger partial charge in [0.1, 0.15) is 22.6 Å². The van der Waals surface area contributed by atoms with E-state index in [1.165, 1.54) is 16.5 Å². The number of nitrogens with zero attached hydrogens (tertiary/aromatic N) is 4. The summed E-state index contributed by atoms with van der Waals surface area (Å²) < 4.78 is 2.03. The molecular weight excluding hydrogens is 458 g/mol. The molecule has 2 aromatic heterocycles. The summed E-state index contributed by atoms with van der Waals surface area (Å²) in [5, 5.41) is 22.1. The van der Waals surface area contributed by atoms with Crippen molar-refractivity contribution in [2.24, 2.45) is 4.99 Å². The van der Waals surface area contributed by atoms with Crippen molar-refractivity contribution >= 4 is 23.0 Å². The molecule has 0 aliphatic carbocycles. The number of aliphatic hydroxyl groups excluding tert-OH is 1. The van der Waals surface area contributed by atoms with E-state index in [2.05, 4.69) is 67.1 Å². The molecule has 1 atom stereocenters. The minimum Gasteiger partial charge on any atom is -0.508 e. The molecule has 1 aliphatic heterocycles. The molecule has 1 amide bonds. The highest BCUT2D eigenvalue weighted by Crippen LogP contribution is 2.39. The highest BCUT2D eigenvalue weighted by atomic mass is 32.1. The number of benzene rings is 1. The third-order valence-corrected chi connectivity index (χ3v) is 7.19. The summed E-state index contributed by atoms with van der Waals surface area (Å²) in [4.78, 5) is 19.3. The molecule has 35 heavy (non-hydrogen) atoms. The first kappa shape index (κ1) is 24.3. The predicted octanol–water partition coefficient (Wildman–Crippen LogP) is 5.49. The highest BCUT2D eigenvalue weighted by molar-refractivity contribution is 7.15. The Balaban J connectivity index is 1.77. The topological polar surface area (TPSA) is 92.4 Å². The molecule has 1 aliphatic rings. The number of hydrogen-bond acceptors (Lipinski definition) is 6. The number of aromatic nitrogens is 3. The van der Waals surface area contributed by atoms with Crippen LogP contribution in [0.25, 0.3) is 5.00 Å². The Hall–Kier alpha value is -3.78. The minimum absolute atomic E-state index is 0.0723. The van der Waals surface area contributed by atoms with Crippen molar-refractivity contribution in [3.8, 4) is 5.00 Å². The van der Waals surface area contributed by atoms with Crippen LogP contribution in [-0.2, 0) is 4.79 Å². The Kier molecular flexibility index (Phi) is 6.84. The van der Waals surface area contributed by atoms with Crippen molar-refractivity contribution < 1.29 is 9.90 Å². The number of rotatable bonds is 6. The number of aliphatic hydroxyl groups is 1. The molecule has 3 heterocycles. The molecule has 3 aromatic rings. The maximum atomic E-state index is 13.0. The number of aliphatic imine (C=N–C) groups is 1. The van der Waals surface area contributed by atoms with E-state index in [0.29, 0.717) is 11.5 Å². The highest BCUT2D eigenvalue weighted by Gasteiger charge is 2.32. The van der Waals surface area contributed by atoms with Gasteiger partial charge in [0.2, 0.25) is 5.91 Å². The second kappa shape index (κ2) is 9.84. The second-order valence-electron chi connectivity index (χ2n) is 8.59. The molecule has 4 rings (SSSR count). The number of thiophene rings is 1. The van der Waals surface area contributed by atoms with Crippen LogP contribution in [0.15, 0.2) is 65.5 Å². The smallest absolute Gasteiger partial charge is 0.226 e. The first-order valence-corrected chi connectivity index (χ1v) is 12.2.